The predicted molar refractivity (Wildman–Crippen MR) is 108 cm³/mol. The zero-order valence-corrected chi connectivity index (χ0v) is 16.3. The lowest BCUT2D eigenvalue weighted by Gasteiger charge is -2.10. The molecule has 0 spiro atoms. The Balaban J connectivity index is 1.86. The molecule has 0 aliphatic heterocycles. The molecule has 3 aromatic rings. The van der Waals surface area contributed by atoms with Gasteiger partial charge in [-0.15, -0.1) is 0 Å². The van der Waals surface area contributed by atoms with E-state index < -0.39 is 5.91 Å². The van der Waals surface area contributed by atoms with Crippen LogP contribution in [-0.4, -0.2) is 15.7 Å². The Morgan fingerprint density at radius 2 is 1.93 bits per heavy atom. The fraction of sp³-hybridized carbons (Fsp3) is 0.136. The van der Waals surface area contributed by atoms with E-state index in [4.69, 9.17) is 16.3 Å². The van der Waals surface area contributed by atoms with Gasteiger partial charge in [0, 0.05) is 16.3 Å². The molecule has 140 valence electrons. The molecule has 0 aliphatic rings. The number of aryl methyl sites for hydroxylation is 2. The molecular weight excluding hydrogens is 374 g/mol. The van der Waals surface area contributed by atoms with Crippen LogP contribution in [0, 0.1) is 25.2 Å². The molecular formula is C22H18ClN3O2. The van der Waals surface area contributed by atoms with E-state index in [9.17, 15) is 10.1 Å². The summed E-state index contributed by atoms with van der Waals surface area (Å²) in [5.41, 5.74) is 2.98. The van der Waals surface area contributed by atoms with Gasteiger partial charge in [0.15, 0.2) is 0 Å². The first-order chi connectivity index (χ1) is 13.5. The average Bonchev–Trinajstić information content (AvgIpc) is 3.04. The predicted octanol–water partition coefficient (Wildman–Crippen LogP) is 4.98. The zero-order chi connectivity index (χ0) is 20.1. The average molecular weight is 392 g/mol. The maximum atomic E-state index is 12.7. The summed E-state index contributed by atoms with van der Waals surface area (Å²) in [5, 5.41) is 14.3. The van der Waals surface area contributed by atoms with E-state index in [-0.39, 0.29) is 5.57 Å². The molecule has 3 rings (SSSR count). The summed E-state index contributed by atoms with van der Waals surface area (Å²) in [7, 11) is 0. The van der Waals surface area contributed by atoms with E-state index in [1.54, 1.807) is 44.2 Å². The Morgan fingerprint density at radius 1 is 1.21 bits per heavy atom. The summed E-state index contributed by atoms with van der Waals surface area (Å²) in [4.78, 5) is 12.7. The Bertz CT molecular complexity index is 1080. The molecule has 0 saturated carbocycles. The number of nitriles is 1. The largest absolute Gasteiger partial charge is 0.488 e. The molecule has 0 amide bonds. The molecule has 1 aromatic heterocycles. The minimum absolute atomic E-state index is 0.0197. The van der Waals surface area contributed by atoms with Crippen LogP contribution < -0.4 is 4.74 Å². The van der Waals surface area contributed by atoms with Crippen molar-refractivity contribution in [1.82, 2.24) is 9.78 Å². The molecule has 0 N–H and O–H groups in total. The third-order valence-corrected chi connectivity index (χ3v) is 4.33. The highest BCUT2D eigenvalue weighted by Crippen LogP contribution is 2.23. The van der Waals surface area contributed by atoms with Gasteiger partial charge in [0.1, 0.15) is 24.0 Å². The standard InChI is InChI=1S/C22H18ClN3O2/c1-15-11-16(2)26(25-15)22(27)19(13-24)12-18-5-3-4-6-21(18)28-14-17-7-9-20(23)10-8-17/h3-12H,14H2,1-2H3/b19-12+. The van der Waals surface area contributed by atoms with E-state index >= 15 is 0 Å². The number of rotatable bonds is 5. The van der Waals surface area contributed by atoms with Gasteiger partial charge in [-0.1, -0.05) is 41.9 Å². The van der Waals surface area contributed by atoms with E-state index in [0.717, 1.165) is 11.3 Å². The molecule has 0 aliphatic carbocycles. The molecule has 1 heterocycles. The molecule has 0 unspecified atom stereocenters. The zero-order valence-electron chi connectivity index (χ0n) is 15.5. The first-order valence-corrected chi connectivity index (χ1v) is 9.02. The summed E-state index contributed by atoms with van der Waals surface area (Å²) >= 11 is 5.90. The van der Waals surface area contributed by atoms with Crippen molar-refractivity contribution in [1.29, 1.82) is 5.26 Å². The quantitative estimate of drug-likeness (QED) is 0.454. The smallest absolute Gasteiger partial charge is 0.289 e. The highest BCUT2D eigenvalue weighted by atomic mass is 35.5. The highest BCUT2D eigenvalue weighted by molar-refractivity contribution is 6.30. The molecule has 28 heavy (non-hydrogen) atoms. The van der Waals surface area contributed by atoms with Crippen LogP contribution in [0.2, 0.25) is 5.02 Å². The molecule has 0 radical (unpaired) electrons. The number of aromatic nitrogens is 2. The molecule has 0 atom stereocenters. The van der Waals surface area contributed by atoms with E-state index in [0.29, 0.717) is 28.6 Å². The van der Waals surface area contributed by atoms with Crippen LogP contribution in [0.3, 0.4) is 0 Å². The Hall–Kier alpha value is -3.36. The molecule has 0 saturated heterocycles. The number of hydrogen-bond donors (Lipinski definition) is 0. The van der Waals surface area contributed by atoms with Crippen molar-refractivity contribution >= 4 is 23.6 Å². The van der Waals surface area contributed by atoms with Crippen LogP contribution in [0.25, 0.3) is 6.08 Å². The molecule has 5 nitrogen and oxygen atoms in total. The Morgan fingerprint density at radius 3 is 2.57 bits per heavy atom. The van der Waals surface area contributed by atoms with Gasteiger partial charge in [-0.2, -0.15) is 10.4 Å². The van der Waals surface area contributed by atoms with Gasteiger partial charge in [-0.3, -0.25) is 4.79 Å². The number of allylic oxidation sites excluding steroid dienone is 1. The second-order valence-electron chi connectivity index (χ2n) is 6.27. The number of carbonyl (C=O) groups excluding carboxylic acids is 1. The van der Waals surface area contributed by atoms with Gasteiger partial charge < -0.3 is 4.74 Å². The van der Waals surface area contributed by atoms with Crippen LogP contribution in [-0.2, 0) is 6.61 Å². The van der Waals surface area contributed by atoms with Crippen LogP contribution in [0.15, 0.2) is 60.2 Å². The van der Waals surface area contributed by atoms with E-state index in [1.165, 1.54) is 10.8 Å². The first-order valence-electron chi connectivity index (χ1n) is 8.64. The van der Waals surface area contributed by atoms with Gasteiger partial charge in [0.25, 0.3) is 5.91 Å². The molecule has 2 aromatic carbocycles. The first kappa shape index (κ1) is 19.4. The minimum atomic E-state index is -0.472. The summed E-state index contributed by atoms with van der Waals surface area (Å²) in [5.74, 6) is 0.104. The van der Waals surface area contributed by atoms with Gasteiger partial charge in [-0.25, -0.2) is 4.68 Å². The number of ether oxygens (including phenoxy) is 1. The second kappa shape index (κ2) is 8.55. The number of hydrogen-bond acceptors (Lipinski definition) is 4. The van der Waals surface area contributed by atoms with Crippen LogP contribution in [0.5, 0.6) is 5.75 Å². The van der Waals surface area contributed by atoms with Crippen LogP contribution in [0.1, 0.15) is 27.3 Å². The second-order valence-corrected chi connectivity index (χ2v) is 6.70. The molecule has 0 bridgehead atoms. The Kier molecular flexibility index (Phi) is 5.93. The normalized spacial score (nSPS) is 11.1. The third-order valence-electron chi connectivity index (χ3n) is 4.08. The number of para-hydroxylation sites is 1. The van der Waals surface area contributed by atoms with Crippen molar-refractivity contribution in [2.24, 2.45) is 0 Å². The van der Waals surface area contributed by atoms with Crippen molar-refractivity contribution in [3.8, 4) is 11.8 Å². The van der Waals surface area contributed by atoms with Gasteiger partial charge in [0.2, 0.25) is 0 Å². The van der Waals surface area contributed by atoms with Crippen molar-refractivity contribution in [2.75, 3.05) is 0 Å². The molecule has 6 heteroatoms. The number of benzene rings is 2. The fourth-order valence-electron chi connectivity index (χ4n) is 2.72. The van der Waals surface area contributed by atoms with Crippen molar-refractivity contribution in [3.63, 3.8) is 0 Å². The number of nitrogens with zero attached hydrogens (tertiary/aromatic N) is 3. The lowest BCUT2D eigenvalue weighted by Crippen LogP contribution is -2.15. The summed E-state index contributed by atoms with van der Waals surface area (Å²) in [6, 6.07) is 18.4. The lowest BCUT2D eigenvalue weighted by atomic mass is 10.1. The molecule has 0 fully saturated rings. The van der Waals surface area contributed by atoms with Gasteiger partial charge in [0.05, 0.1) is 5.69 Å². The maximum absolute atomic E-state index is 12.7. The topological polar surface area (TPSA) is 67.9 Å². The number of carbonyl (C=O) groups is 1. The van der Waals surface area contributed by atoms with Crippen molar-refractivity contribution in [3.05, 3.63) is 87.7 Å². The number of halogens is 1. The van der Waals surface area contributed by atoms with Crippen molar-refractivity contribution < 1.29 is 9.53 Å². The summed E-state index contributed by atoms with van der Waals surface area (Å²) < 4.78 is 7.13. The Labute approximate surface area is 168 Å². The fourth-order valence-corrected chi connectivity index (χ4v) is 2.84. The summed E-state index contributed by atoms with van der Waals surface area (Å²) in [6.45, 7) is 3.91. The lowest BCUT2D eigenvalue weighted by molar-refractivity contribution is 0.0943. The minimum Gasteiger partial charge on any atom is -0.488 e. The SMILES string of the molecule is Cc1cc(C)n(C(=O)/C(C#N)=C/c2ccccc2OCc2ccc(Cl)cc2)n1. The van der Waals surface area contributed by atoms with Gasteiger partial charge in [-0.05, 0) is 49.8 Å². The van der Waals surface area contributed by atoms with E-state index in [2.05, 4.69) is 5.10 Å². The van der Waals surface area contributed by atoms with Crippen LogP contribution >= 0.6 is 11.6 Å². The van der Waals surface area contributed by atoms with Crippen LogP contribution in [0.4, 0.5) is 0 Å². The maximum Gasteiger partial charge on any atom is 0.289 e. The van der Waals surface area contributed by atoms with E-state index in [1.807, 2.05) is 30.3 Å². The van der Waals surface area contributed by atoms with Crippen molar-refractivity contribution in [2.45, 2.75) is 20.5 Å². The van der Waals surface area contributed by atoms with Gasteiger partial charge >= 0.3 is 0 Å². The monoisotopic (exact) mass is 391 g/mol. The third kappa shape index (κ3) is 4.48. The highest BCUT2D eigenvalue weighted by Gasteiger charge is 2.16. The summed E-state index contributed by atoms with van der Waals surface area (Å²) in [6.07, 6.45) is 1.52.